The van der Waals surface area contributed by atoms with E-state index in [1.54, 1.807) is 0 Å². The van der Waals surface area contributed by atoms with Gasteiger partial charge in [0.2, 0.25) is 0 Å². The summed E-state index contributed by atoms with van der Waals surface area (Å²) in [7, 11) is 0. The van der Waals surface area contributed by atoms with Crippen molar-refractivity contribution in [3.63, 3.8) is 0 Å². The van der Waals surface area contributed by atoms with Gasteiger partial charge in [0, 0.05) is 40.4 Å². The first-order chi connectivity index (χ1) is 16.4. The van der Waals surface area contributed by atoms with E-state index in [1.807, 2.05) is 29.9 Å². The summed E-state index contributed by atoms with van der Waals surface area (Å²) in [5, 5.41) is 5.16. The molecule has 0 N–H and O–H groups in total. The standard InChI is InChI=1S/C26H25F2N5O/c1-14-3-7-21-24(20-8-4-18(27)11-22(20)28)31-25(32-26(21)30-14)16-9-15(2)34-23(10-16)17-12-29-33(13-17)19-5-6-19/h3-4,7-8,11-13,15-16,19,23H,5-6,9-10H2,1-2H3/t15-,16+,23+/m0/s1. The van der Waals surface area contributed by atoms with Gasteiger partial charge in [-0.15, -0.1) is 0 Å². The molecule has 1 aliphatic heterocycles. The lowest BCUT2D eigenvalue weighted by Gasteiger charge is -2.33. The van der Waals surface area contributed by atoms with Crippen molar-refractivity contribution in [2.45, 2.75) is 63.7 Å². The van der Waals surface area contributed by atoms with Crippen LogP contribution in [0, 0.1) is 18.6 Å². The van der Waals surface area contributed by atoms with Crippen molar-refractivity contribution >= 4 is 11.0 Å². The number of ether oxygens (including phenoxy) is 1. The van der Waals surface area contributed by atoms with Crippen LogP contribution in [0.2, 0.25) is 0 Å². The van der Waals surface area contributed by atoms with Gasteiger partial charge in [0.1, 0.15) is 17.5 Å². The highest BCUT2D eigenvalue weighted by Crippen LogP contribution is 2.41. The molecule has 3 aromatic heterocycles. The minimum atomic E-state index is -0.655. The minimum Gasteiger partial charge on any atom is -0.370 e. The SMILES string of the molecule is Cc1ccc2c(-c3ccc(F)cc3F)nc([C@@H]3C[C@H](C)O[C@@H](c4cnn(C5CC5)c4)C3)nc2n1. The molecular formula is C26H25F2N5O. The van der Waals surface area contributed by atoms with Gasteiger partial charge in [-0.25, -0.2) is 23.7 Å². The lowest BCUT2D eigenvalue weighted by Crippen LogP contribution is -2.26. The van der Waals surface area contributed by atoms with E-state index in [1.165, 1.54) is 25.0 Å². The normalized spacial score (nSPS) is 22.9. The summed E-state index contributed by atoms with van der Waals surface area (Å²) < 4.78 is 36.7. The van der Waals surface area contributed by atoms with E-state index >= 15 is 0 Å². The molecule has 0 spiro atoms. The molecule has 0 amide bonds. The first kappa shape index (κ1) is 21.3. The van der Waals surface area contributed by atoms with E-state index in [-0.39, 0.29) is 23.7 Å². The van der Waals surface area contributed by atoms with Gasteiger partial charge in [0.05, 0.1) is 30.1 Å². The summed E-state index contributed by atoms with van der Waals surface area (Å²) in [6, 6.07) is 7.77. The Labute approximate surface area is 196 Å². The molecule has 6 rings (SSSR count). The number of aryl methyl sites for hydroxylation is 1. The Balaban J connectivity index is 1.41. The van der Waals surface area contributed by atoms with Crippen molar-refractivity contribution in [2.24, 2.45) is 0 Å². The Hall–Kier alpha value is -3.26. The Kier molecular flexibility index (Phi) is 5.13. The highest BCUT2D eigenvalue weighted by Gasteiger charge is 2.33. The van der Waals surface area contributed by atoms with Crippen LogP contribution in [-0.4, -0.2) is 30.8 Å². The van der Waals surface area contributed by atoms with E-state index in [9.17, 15) is 8.78 Å². The van der Waals surface area contributed by atoms with Crippen LogP contribution in [0.25, 0.3) is 22.3 Å². The number of rotatable bonds is 4. The number of fused-ring (bicyclic) bond motifs is 1. The molecule has 1 aromatic carbocycles. The molecule has 6 nitrogen and oxygen atoms in total. The largest absolute Gasteiger partial charge is 0.370 e. The van der Waals surface area contributed by atoms with Gasteiger partial charge in [-0.2, -0.15) is 5.10 Å². The highest BCUT2D eigenvalue weighted by atomic mass is 19.1. The molecule has 0 unspecified atom stereocenters. The van der Waals surface area contributed by atoms with Crippen LogP contribution in [0.15, 0.2) is 42.7 Å². The maximum absolute atomic E-state index is 14.8. The van der Waals surface area contributed by atoms with E-state index < -0.39 is 11.6 Å². The molecule has 8 heteroatoms. The Morgan fingerprint density at radius 1 is 1.03 bits per heavy atom. The quantitative estimate of drug-likeness (QED) is 0.382. The van der Waals surface area contributed by atoms with E-state index in [0.717, 1.165) is 23.7 Å². The zero-order valence-electron chi connectivity index (χ0n) is 19.1. The van der Waals surface area contributed by atoms with Gasteiger partial charge in [-0.1, -0.05) is 0 Å². The summed E-state index contributed by atoms with van der Waals surface area (Å²) >= 11 is 0. The number of hydrogen-bond acceptors (Lipinski definition) is 5. The predicted molar refractivity (Wildman–Crippen MR) is 123 cm³/mol. The summed E-state index contributed by atoms with van der Waals surface area (Å²) in [5.41, 5.74) is 3.06. The van der Waals surface area contributed by atoms with Crippen LogP contribution in [0.3, 0.4) is 0 Å². The summed E-state index contributed by atoms with van der Waals surface area (Å²) in [5.74, 6) is -0.662. The first-order valence-electron chi connectivity index (χ1n) is 11.7. The van der Waals surface area contributed by atoms with E-state index in [0.29, 0.717) is 35.0 Å². The fraction of sp³-hybridized carbons (Fsp3) is 0.385. The van der Waals surface area contributed by atoms with E-state index in [2.05, 4.69) is 23.2 Å². The maximum Gasteiger partial charge on any atom is 0.163 e. The molecule has 3 atom stereocenters. The molecule has 0 radical (unpaired) electrons. The second kappa shape index (κ2) is 8.20. The zero-order valence-corrected chi connectivity index (χ0v) is 19.1. The van der Waals surface area contributed by atoms with Crippen molar-refractivity contribution in [3.05, 3.63) is 71.4 Å². The Bertz CT molecular complexity index is 1380. The minimum absolute atomic E-state index is 0.00352. The van der Waals surface area contributed by atoms with Gasteiger partial charge >= 0.3 is 0 Å². The third-order valence-electron chi connectivity index (χ3n) is 6.69. The lowest BCUT2D eigenvalue weighted by atomic mass is 9.89. The van der Waals surface area contributed by atoms with Crippen LogP contribution >= 0.6 is 0 Å². The second-order valence-electron chi connectivity index (χ2n) is 9.47. The van der Waals surface area contributed by atoms with Crippen LogP contribution in [-0.2, 0) is 4.74 Å². The van der Waals surface area contributed by atoms with E-state index in [4.69, 9.17) is 14.7 Å². The number of benzene rings is 1. The third-order valence-corrected chi connectivity index (χ3v) is 6.69. The van der Waals surface area contributed by atoms with Gasteiger partial charge in [0.25, 0.3) is 0 Å². The molecular weight excluding hydrogens is 436 g/mol. The fourth-order valence-corrected chi connectivity index (χ4v) is 4.82. The number of pyridine rings is 1. The molecule has 2 fully saturated rings. The average molecular weight is 462 g/mol. The highest BCUT2D eigenvalue weighted by molar-refractivity contribution is 5.90. The molecule has 2 aliphatic rings. The number of halogens is 2. The molecule has 1 saturated heterocycles. The van der Waals surface area contributed by atoms with Crippen LogP contribution in [0.1, 0.15) is 67.8 Å². The van der Waals surface area contributed by atoms with Crippen molar-refractivity contribution in [3.8, 4) is 11.3 Å². The first-order valence-corrected chi connectivity index (χ1v) is 11.7. The van der Waals surface area contributed by atoms with Gasteiger partial charge < -0.3 is 4.74 Å². The van der Waals surface area contributed by atoms with Gasteiger partial charge in [-0.05, 0) is 63.8 Å². The van der Waals surface area contributed by atoms with Gasteiger partial charge in [0.15, 0.2) is 5.65 Å². The number of aromatic nitrogens is 5. The zero-order chi connectivity index (χ0) is 23.4. The van der Waals surface area contributed by atoms with Crippen molar-refractivity contribution in [1.29, 1.82) is 0 Å². The third kappa shape index (κ3) is 3.96. The molecule has 0 bridgehead atoms. The second-order valence-corrected chi connectivity index (χ2v) is 9.47. The van der Waals surface area contributed by atoms with Crippen LogP contribution in [0.4, 0.5) is 8.78 Å². The molecule has 34 heavy (non-hydrogen) atoms. The molecule has 1 saturated carbocycles. The predicted octanol–water partition coefficient (Wildman–Crippen LogP) is 5.83. The molecule has 174 valence electrons. The lowest BCUT2D eigenvalue weighted by molar-refractivity contribution is -0.0511. The smallest absolute Gasteiger partial charge is 0.163 e. The fourth-order valence-electron chi connectivity index (χ4n) is 4.82. The summed E-state index contributed by atoms with van der Waals surface area (Å²) in [4.78, 5) is 14.2. The van der Waals surface area contributed by atoms with Crippen molar-refractivity contribution in [1.82, 2.24) is 24.7 Å². The summed E-state index contributed by atoms with van der Waals surface area (Å²) in [6.45, 7) is 3.94. The van der Waals surface area contributed by atoms with Crippen molar-refractivity contribution in [2.75, 3.05) is 0 Å². The molecule has 4 heterocycles. The number of nitrogens with zero attached hydrogens (tertiary/aromatic N) is 5. The topological polar surface area (TPSA) is 65.7 Å². The van der Waals surface area contributed by atoms with Gasteiger partial charge in [-0.3, -0.25) is 4.68 Å². The van der Waals surface area contributed by atoms with Crippen LogP contribution in [0.5, 0.6) is 0 Å². The average Bonchev–Trinajstić information content (AvgIpc) is 3.54. The van der Waals surface area contributed by atoms with Crippen molar-refractivity contribution < 1.29 is 13.5 Å². The molecule has 1 aliphatic carbocycles. The maximum atomic E-state index is 14.8. The Morgan fingerprint density at radius 3 is 2.68 bits per heavy atom. The number of hydrogen-bond donors (Lipinski definition) is 0. The van der Waals surface area contributed by atoms with Crippen LogP contribution < -0.4 is 0 Å². The Morgan fingerprint density at radius 2 is 1.88 bits per heavy atom. The summed E-state index contributed by atoms with van der Waals surface area (Å²) in [6.07, 6.45) is 7.66. The molecule has 4 aromatic rings. The monoisotopic (exact) mass is 461 g/mol.